The molecule has 140 valence electrons. The third kappa shape index (κ3) is 4.29. The number of benzene rings is 2. The van der Waals surface area contributed by atoms with Crippen molar-refractivity contribution in [3.8, 4) is 0 Å². The van der Waals surface area contributed by atoms with Gasteiger partial charge in [-0.1, -0.05) is 37.3 Å². The van der Waals surface area contributed by atoms with Crippen molar-refractivity contribution in [1.29, 1.82) is 0 Å². The molecule has 1 saturated heterocycles. The zero-order chi connectivity index (χ0) is 18.6. The molecule has 0 bridgehead atoms. The van der Waals surface area contributed by atoms with Crippen molar-refractivity contribution in [2.75, 3.05) is 31.5 Å². The summed E-state index contributed by atoms with van der Waals surface area (Å²) < 4.78 is 1.27. The van der Waals surface area contributed by atoms with Crippen LogP contribution in [-0.4, -0.2) is 46.1 Å². The van der Waals surface area contributed by atoms with Crippen LogP contribution in [0.4, 0.5) is 5.69 Å². The van der Waals surface area contributed by atoms with Crippen LogP contribution in [0, 0.1) is 0 Å². The summed E-state index contributed by atoms with van der Waals surface area (Å²) in [7, 11) is 0. The highest BCUT2D eigenvalue weighted by atomic mass is 32.1. The lowest BCUT2D eigenvalue weighted by molar-refractivity contribution is 0.177. The molecular weight excluding hydrogens is 372 g/mol. The molecule has 0 aliphatic carbocycles. The summed E-state index contributed by atoms with van der Waals surface area (Å²) in [5.41, 5.74) is 3.53. The highest BCUT2D eigenvalue weighted by Crippen LogP contribution is 2.23. The van der Waals surface area contributed by atoms with Crippen molar-refractivity contribution in [2.24, 2.45) is 0 Å². The van der Waals surface area contributed by atoms with E-state index in [4.69, 9.17) is 17.2 Å². The van der Waals surface area contributed by atoms with Gasteiger partial charge >= 0.3 is 0 Å². The zero-order valence-electron chi connectivity index (χ0n) is 15.5. The molecule has 0 spiro atoms. The minimum atomic E-state index is 0.829. The number of rotatable bonds is 4. The van der Waals surface area contributed by atoms with Gasteiger partial charge in [0.1, 0.15) is 5.01 Å². The van der Waals surface area contributed by atoms with Gasteiger partial charge < -0.3 is 10.2 Å². The molecule has 0 saturated carbocycles. The average Bonchev–Trinajstić information content (AvgIpc) is 3.11. The smallest absolute Gasteiger partial charge is 0.173 e. The first-order valence-electron chi connectivity index (χ1n) is 9.43. The van der Waals surface area contributed by atoms with Crippen molar-refractivity contribution < 1.29 is 0 Å². The Morgan fingerprint density at radius 1 is 1.07 bits per heavy atom. The van der Waals surface area contributed by atoms with Gasteiger partial charge in [-0.2, -0.15) is 0 Å². The van der Waals surface area contributed by atoms with Gasteiger partial charge in [0, 0.05) is 31.9 Å². The molecule has 0 atom stereocenters. The van der Waals surface area contributed by atoms with Gasteiger partial charge in [-0.15, -0.1) is 11.3 Å². The highest BCUT2D eigenvalue weighted by Gasteiger charge is 2.20. The van der Waals surface area contributed by atoms with E-state index in [0.29, 0.717) is 0 Å². The Kier molecular flexibility index (Phi) is 5.66. The molecule has 27 heavy (non-hydrogen) atoms. The normalized spacial score (nSPS) is 15.2. The number of piperazine rings is 1. The molecule has 1 fully saturated rings. The van der Waals surface area contributed by atoms with Crippen LogP contribution in [0.25, 0.3) is 10.2 Å². The van der Waals surface area contributed by atoms with E-state index in [2.05, 4.69) is 70.6 Å². The Morgan fingerprint density at radius 3 is 2.59 bits per heavy atom. The lowest BCUT2D eigenvalue weighted by Gasteiger charge is -2.36. The number of para-hydroxylation sites is 2. The Morgan fingerprint density at radius 2 is 1.81 bits per heavy atom. The van der Waals surface area contributed by atoms with Gasteiger partial charge in [-0.3, -0.25) is 4.90 Å². The fourth-order valence-corrected chi connectivity index (χ4v) is 4.74. The van der Waals surface area contributed by atoms with Crippen molar-refractivity contribution in [3.63, 3.8) is 0 Å². The minimum absolute atomic E-state index is 0.829. The monoisotopic (exact) mass is 396 g/mol. The standard InChI is InChI=1S/C21H24N4S2/c1-2-16-7-3-4-8-17(16)23-21(26)25-13-11-24(12-14-25)15-20-22-18-9-5-6-10-19(18)27-20/h3-10H,2,11-15H2,1H3,(H,23,26). The molecule has 4 nitrogen and oxygen atoms in total. The Bertz CT molecular complexity index is 896. The Labute approximate surface area is 169 Å². The summed E-state index contributed by atoms with van der Waals surface area (Å²) in [6.07, 6.45) is 1.00. The van der Waals surface area contributed by atoms with Gasteiger partial charge in [0.15, 0.2) is 5.11 Å². The second-order valence-electron chi connectivity index (χ2n) is 6.78. The van der Waals surface area contributed by atoms with Crippen LogP contribution < -0.4 is 5.32 Å². The number of aromatic nitrogens is 1. The number of nitrogens with zero attached hydrogens (tertiary/aromatic N) is 3. The minimum Gasteiger partial charge on any atom is -0.346 e. The van der Waals surface area contributed by atoms with Crippen LogP contribution >= 0.6 is 23.6 Å². The molecule has 2 aromatic carbocycles. The van der Waals surface area contributed by atoms with Gasteiger partial charge in [0.25, 0.3) is 0 Å². The summed E-state index contributed by atoms with van der Waals surface area (Å²) in [6, 6.07) is 16.8. The molecule has 4 rings (SSSR count). The highest BCUT2D eigenvalue weighted by molar-refractivity contribution is 7.80. The van der Waals surface area contributed by atoms with Crippen LogP contribution in [-0.2, 0) is 13.0 Å². The number of thiocarbonyl (C=S) groups is 1. The predicted molar refractivity (Wildman–Crippen MR) is 119 cm³/mol. The SMILES string of the molecule is CCc1ccccc1NC(=S)N1CCN(Cc2nc3ccccc3s2)CC1. The summed E-state index contributed by atoms with van der Waals surface area (Å²) in [4.78, 5) is 9.50. The van der Waals surface area contributed by atoms with Crippen molar-refractivity contribution in [3.05, 3.63) is 59.1 Å². The second-order valence-corrected chi connectivity index (χ2v) is 8.28. The molecule has 0 unspecified atom stereocenters. The van der Waals surface area contributed by atoms with E-state index in [1.807, 2.05) is 0 Å². The maximum Gasteiger partial charge on any atom is 0.173 e. The molecule has 1 aliphatic rings. The molecule has 1 aromatic heterocycles. The van der Waals surface area contributed by atoms with Gasteiger partial charge in [0.2, 0.25) is 0 Å². The van der Waals surface area contributed by atoms with Gasteiger partial charge in [0.05, 0.1) is 16.8 Å². The maximum absolute atomic E-state index is 5.66. The summed E-state index contributed by atoms with van der Waals surface area (Å²) in [5, 5.41) is 5.47. The number of anilines is 1. The van der Waals surface area contributed by atoms with E-state index in [0.717, 1.165) is 55.5 Å². The molecule has 1 aliphatic heterocycles. The van der Waals surface area contributed by atoms with Crippen LogP contribution in [0.1, 0.15) is 17.5 Å². The topological polar surface area (TPSA) is 31.4 Å². The van der Waals surface area contributed by atoms with Gasteiger partial charge in [-0.25, -0.2) is 4.98 Å². The first-order valence-corrected chi connectivity index (χ1v) is 10.7. The van der Waals surface area contributed by atoms with Crippen molar-refractivity contribution in [2.45, 2.75) is 19.9 Å². The predicted octanol–water partition coefficient (Wildman–Crippen LogP) is 4.37. The zero-order valence-corrected chi connectivity index (χ0v) is 17.2. The molecule has 6 heteroatoms. The molecule has 3 aromatic rings. The van der Waals surface area contributed by atoms with E-state index in [1.165, 1.54) is 15.3 Å². The van der Waals surface area contributed by atoms with Crippen molar-refractivity contribution >= 4 is 44.6 Å². The number of hydrogen-bond acceptors (Lipinski definition) is 4. The molecule has 0 amide bonds. The molecular formula is C21H24N4S2. The average molecular weight is 397 g/mol. The Balaban J connectivity index is 1.32. The maximum atomic E-state index is 5.66. The van der Waals surface area contributed by atoms with Crippen LogP contribution in [0.3, 0.4) is 0 Å². The summed E-state index contributed by atoms with van der Waals surface area (Å²) in [5.74, 6) is 0. The fraction of sp³-hybridized carbons (Fsp3) is 0.333. The van der Waals surface area contributed by atoms with Gasteiger partial charge in [-0.05, 0) is 42.4 Å². The first-order chi connectivity index (χ1) is 13.2. The van der Waals surface area contributed by atoms with E-state index in [1.54, 1.807) is 11.3 Å². The van der Waals surface area contributed by atoms with Crippen LogP contribution in [0.5, 0.6) is 0 Å². The third-order valence-electron chi connectivity index (χ3n) is 5.00. The van der Waals surface area contributed by atoms with E-state index < -0.39 is 0 Å². The van der Waals surface area contributed by atoms with E-state index >= 15 is 0 Å². The van der Waals surface area contributed by atoms with Crippen molar-refractivity contribution in [1.82, 2.24) is 14.8 Å². The van der Waals surface area contributed by atoms with E-state index in [9.17, 15) is 0 Å². The number of aryl methyl sites for hydroxylation is 1. The number of nitrogens with one attached hydrogen (secondary N) is 1. The molecule has 1 N–H and O–H groups in total. The summed E-state index contributed by atoms with van der Waals surface area (Å²) >= 11 is 7.46. The lowest BCUT2D eigenvalue weighted by atomic mass is 10.1. The molecule has 0 radical (unpaired) electrons. The number of hydrogen-bond donors (Lipinski definition) is 1. The summed E-state index contributed by atoms with van der Waals surface area (Å²) in [6.45, 7) is 7.01. The number of fused-ring (bicyclic) bond motifs is 1. The second kappa shape index (κ2) is 8.33. The quantitative estimate of drug-likeness (QED) is 0.662. The Hall–Kier alpha value is -2.02. The first kappa shape index (κ1) is 18.3. The largest absolute Gasteiger partial charge is 0.346 e. The number of thiazole rings is 1. The van der Waals surface area contributed by atoms with E-state index in [-0.39, 0.29) is 0 Å². The molecule has 2 heterocycles. The lowest BCUT2D eigenvalue weighted by Crippen LogP contribution is -2.49. The fourth-order valence-electron chi connectivity index (χ4n) is 3.43. The van der Waals surface area contributed by atoms with Crippen LogP contribution in [0.15, 0.2) is 48.5 Å². The third-order valence-corrected chi connectivity index (χ3v) is 6.38. The van der Waals surface area contributed by atoms with Crippen LogP contribution in [0.2, 0.25) is 0 Å².